The first-order valence-electron chi connectivity index (χ1n) is 8.71. The number of aromatic nitrogens is 4. The number of H-pyrrole nitrogens is 1. The van der Waals surface area contributed by atoms with Crippen molar-refractivity contribution in [2.75, 3.05) is 0 Å². The maximum atomic E-state index is 6.21. The lowest BCUT2D eigenvalue weighted by Gasteiger charge is -2.09. The maximum Gasteiger partial charge on any atom is 0.113 e. The molecule has 0 saturated carbocycles. The van der Waals surface area contributed by atoms with E-state index in [0.717, 1.165) is 44.8 Å². The van der Waals surface area contributed by atoms with Crippen LogP contribution >= 0.6 is 11.6 Å². The van der Waals surface area contributed by atoms with Crippen molar-refractivity contribution in [3.05, 3.63) is 89.3 Å². The zero-order valence-corrected chi connectivity index (χ0v) is 15.1. The van der Waals surface area contributed by atoms with Crippen molar-refractivity contribution in [1.29, 1.82) is 0 Å². The van der Waals surface area contributed by atoms with Crippen LogP contribution in [0.25, 0.3) is 33.3 Å². The van der Waals surface area contributed by atoms with Crippen LogP contribution in [0.5, 0.6) is 0 Å². The van der Waals surface area contributed by atoms with Crippen molar-refractivity contribution in [3.8, 4) is 11.3 Å². The summed E-state index contributed by atoms with van der Waals surface area (Å²) >= 11 is 6.21. The fourth-order valence-electron chi connectivity index (χ4n) is 3.27. The minimum atomic E-state index is 0.564. The lowest BCUT2D eigenvalue weighted by molar-refractivity contribution is 0.986. The van der Waals surface area contributed by atoms with Crippen LogP contribution in [-0.2, 0) is 6.42 Å². The fourth-order valence-corrected chi connectivity index (χ4v) is 3.47. The Balaban J connectivity index is 1.68. The van der Waals surface area contributed by atoms with Crippen LogP contribution in [0.2, 0.25) is 5.02 Å². The molecule has 2 heterocycles. The van der Waals surface area contributed by atoms with E-state index in [2.05, 4.69) is 4.98 Å². The molecule has 130 valence electrons. The van der Waals surface area contributed by atoms with Gasteiger partial charge in [-0.3, -0.25) is 0 Å². The number of aromatic amines is 1. The quantitative estimate of drug-likeness (QED) is 0.461. The topological polar surface area (TPSA) is 54.5 Å². The molecule has 5 heteroatoms. The van der Waals surface area contributed by atoms with Crippen LogP contribution in [0.3, 0.4) is 0 Å². The second kappa shape index (κ2) is 6.49. The summed E-state index contributed by atoms with van der Waals surface area (Å²) in [5.74, 6) is 0.865. The minimum Gasteiger partial charge on any atom is -0.342 e. The van der Waals surface area contributed by atoms with Gasteiger partial charge in [-0.1, -0.05) is 48.0 Å². The highest BCUT2D eigenvalue weighted by atomic mass is 35.5. The molecule has 3 aromatic carbocycles. The van der Waals surface area contributed by atoms with E-state index in [4.69, 9.17) is 26.6 Å². The number of halogens is 1. The van der Waals surface area contributed by atoms with Crippen molar-refractivity contribution < 1.29 is 0 Å². The smallest absolute Gasteiger partial charge is 0.113 e. The summed E-state index contributed by atoms with van der Waals surface area (Å²) in [4.78, 5) is 17.8. The van der Waals surface area contributed by atoms with Crippen molar-refractivity contribution in [1.82, 2.24) is 19.9 Å². The SMILES string of the molecule is Clc1cccc(-c2nc3ccccc3nc2Cc2nc3ccccc3[nH]2)c1. The zero-order chi connectivity index (χ0) is 18.2. The van der Waals surface area contributed by atoms with Gasteiger partial charge in [-0.15, -0.1) is 0 Å². The highest BCUT2D eigenvalue weighted by Crippen LogP contribution is 2.27. The van der Waals surface area contributed by atoms with Crippen LogP contribution in [0, 0.1) is 0 Å². The number of hydrogen-bond acceptors (Lipinski definition) is 3. The lowest BCUT2D eigenvalue weighted by Crippen LogP contribution is -2.01. The van der Waals surface area contributed by atoms with Gasteiger partial charge in [0.15, 0.2) is 0 Å². The van der Waals surface area contributed by atoms with Crippen LogP contribution in [0.4, 0.5) is 0 Å². The molecule has 5 aromatic rings. The molecule has 0 amide bonds. The van der Waals surface area contributed by atoms with Crippen molar-refractivity contribution in [2.45, 2.75) is 6.42 Å². The number of nitrogens with zero attached hydrogens (tertiary/aromatic N) is 3. The Morgan fingerprint density at radius 2 is 1.48 bits per heavy atom. The average Bonchev–Trinajstić information content (AvgIpc) is 3.10. The number of hydrogen-bond donors (Lipinski definition) is 1. The van der Waals surface area contributed by atoms with E-state index >= 15 is 0 Å². The minimum absolute atomic E-state index is 0.564. The van der Waals surface area contributed by atoms with Crippen LogP contribution in [0.15, 0.2) is 72.8 Å². The highest BCUT2D eigenvalue weighted by molar-refractivity contribution is 6.30. The lowest BCUT2D eigenvalue weighted by atomic mass is 10.1. The molecule has 27 heavy (non-hydrogen) atoms. The predicted molar refractivity (Wildman–Crippen MR) is 109 cm³/mol. The molecule has 2 aromatic heterocycles. The molecule has 0 atom stereocenters. The van der Waals surface area contributed by atoms with E-state index in [0.29, 0.717) is 11.4 Å². The fraction of sp³-hybridized carbons (Fsp3) is 0.0455. The molecule has 0 aliphatic heterocycles. The summed E-state index contributed by atoms with van der Waals surface area (Å²) in [6, 6.07) is 23.6. The summed E-state index contributed by atoms with van der Waals surface area (Å²) in [6.45, 7) is 0. The van der Waals surface area contributed by atoms with E-state index < -0.39 is 0 Å². The monoisotopic (exact) mass is 370 g/mol. The molecule has 0 bridgehead atoms. The zero-order valence-electron chi connectivity index (χ0n) is 14.4. The van der Waals surface area contributed by atoms with Gasteiger partial charge in [0.2, 0.25) is 0 Å². The van der Waals surface area contributed by atoms with E-state index in [1.54, 1.807) is 0 Å². The Morgan fingerprint density at radius 3 is 2.26 bits per heavy atom. The molecular weight excluding hydrogens is 356 g/mol. The summed E-state index contributed by atoms with van der Waals surface area (Å²) in [7, 11) is 0. The predicted octanol–water partition coefficient (Wildman–Crippen LogP) is 5.42. The Kier molecular flexibility index (Phi) is 3.84. The Bertz CT molecular complexity index is 1240. The third-order valence-corrected chi connectivity index (χ3v) is 4.75. The van der Waals surface area contributed by atoms with Gasteiger partial charge < -0.3 is 4.98 Å². The number of imidazole rings is 1. The van der Waals surface area contributed by atoms with Gasteiger partial charge in [0.25, 0.3) is 0 Å². The summed E-state index contributed by atoms with van der Waals surface area (Å²) in [6.07, 6.45) is 0.564. The molecule has 0 aliphatic rings. The van der Waals surface area contributed by atoms with Gasteiger partial charge in [-0.2, -0.15) is 0 Å². The molecule has 0 unspecified atom stereocenters. The van der Waals surface area contributed by atoms with Gasteiger partial charge in [-0.05, 0) is 36.4 Å². The van der Waals surface area contributed by atoms with Gasteiger partial charge in [0.05, 0.1) is 39.9 Å². The molecule has 5 rings (SSSR count). The second-order valence-corrected chi connectivity index (χ2v) is 6.83. The molecule has 0 radical (unpaired) electrons. The van der Waals surface area contributed by atoms with Gasteiger partial charge >= 0.3 is 0 Å². The summed E-state index contributed by atoms with van der Waals surface area (Å²) in [5, 5.41) is 0.678. The van der Waals surface area contributed by atoms with Crippen molar-refractivity contribution >= 4 is 33.7 Å². The van der Waals surface area contributed by atoms with Crippen LogP contribution in [0.1, 0.15) is 11.5 Å². The first-order valence-corrected chi connectivity index (χ1v) is 9.09. The average molecular weight is 371 g/mol. The highest BCUT2D eigenvalue weighted by Gasteiger charge is 2.14. The number of para-hydroxylation sites is 4. The van der Waals surface area contributed by atoms with E-state index in [9.17, 15) is 0 Å². The standard InChI is InChI=1S/C22H15ClN4/c23-15-7-5-6-14(12-15)22-20(24-16-8-1-4-11-19(16)27-22)13-21-25-17-9-2-3-10-18(17)26-21/h1-12H,13H2,(H,25,26). The van der Waals surface area contributed by atoms with Crippen LogP contribution in [-0.4, -0.2) is 19.9 Å². The summed E-state index contributed by atoms with van der Waals surface area (Å²) < 4.78 is 0. The van der Waals surface area contributed by atoms with Gasteiger partial charge in [-0.25, -0.2) is 15.0 Å². The molecule has 4 nitrogen and oxygen atoms in total. The Hall–Kier alpha value is -3.24. The van der Waals surface area contributed by atoms with Gasteiger partial charge in [0, 0.05) is 10.6 Å². The number of benzene rings is 3. The largest absolute Gasteiger partial charge is 0.342 e. The normalized spacial score (nSPS) is 11.3. The molecule has 0 aliphatic carbocycles. The number of nitrogens with one attached hydrogen (secondary N) is 1. The van der Waals surface area contributed by atoms with Gasteiger partial charge in [0.1, 0.15) is 5.82 Å². The van der Waals surface area contributed by atoms with E-state index in [1.165, 1.54) is 0 Å². The Morgan fingerprint density at radius 1 is 0.741 bits per heavy atom. The number of fused-ring (bicyclic) bond motifs is 2. The van der Waals surface area contributed by atoms with Crippen molar-refractivity contribution in [3.63, 3.8) is 0 Å². The molecular formula is C22H15ClN4. The van der Waals surface area contributed by atoms with Crippen LogP contribution < -0.4 is 0 Å². The molecule has 1 N–H and O–H groups in total. The second-order valence-electron chi connectivity index (χ2n) is 6.40. The molecule has 0 saturated heterocycles. The summed E-state index contributed by atoms with van der Waals surface area (Å²) in [5.41, 5.74) is 6.35. The van der Waals surface area contributed by atoms with E-state index in [1.807, 2.05) is 72.8 Å². The molecule has 0 spiro atoms. The molecule has 0 fully saturated rings. The first kappa shape index (κ1) is 16.0. The number of rotatable bonds is 3. The van der Waals surface area contributed by atoms with Crippen molar-refractivity contribution in [2.24, 2.45) is 0 Å². The van der Waals surface area contributed by atoms with E-state index in [-0.39, 0.29) is 0 Å². The third kappa shape index (κ3) is 3.04. The third-order valence-electron chi connectivity index (χ3n) is 4.51. The Labute approximate surface area is 160 Å². The maximum absolute atomic E-state index is 6.21. The first-order chi connectivity index (χ1) is 13.3.